The molecule has 0 saturated carbocycles. The van der Waals surface area contributed by atoms with Crippen molar-refractivity contribution in [2.75, 3.05) is 12.4 Å². The second-order valence-electron chi connectivity index (χ2n) is 6.21. The van der Waals surface area contributed by atoms with Gasteiger partial charge in [-0.1, -0.05) is 35.9 Å². The number of sulfonamides is 1. The molecule has 0 aliphatic carbocycles. The van der Waals surface area contributed by atoms with Crippen molar-refractivity contribution >= 4 is 33.7 Å². The maximum atomic E-state index is 12.6. The Morgan fingerprint density at radius 2 is 1.89 bits per heavy atom. The van der Waals surface area contributed by atoms with Crippen LogP contribution in [0, 0.1) is 12.8 Å². The number of hydrogen-bond donors (Lipinski definition) is 1. The van der Waals surface area contributed by atoms with Gasteiger partial charge in [-0.25, -0.2) is 17.9 Å². The minimum absolute atomic E-state index is 0.0269. The summed E-state index contributed by atoms with van der Waals surface area (Å²) in [6.45, 7) is 1.67. The van der Waals surface area contributed by atoms with Crippen LogP contribution in [0.15, 0.2) is 58.3 Å². The van der Waals surface area contributed by atoms with Gasteiger partial charge in [0.2, 0.25) is 0 Å². The van der Waals surface area contributed by atoms with E-state index in [1.54, 1.807) is 36.0 Å². The van der Waals surface area contributed by atoms with E-state index in [2.05, 4.69) is 0 Å². The first-order valence-electron chi connectivity index (χ1n) is 8.39. The van der Waals surface area contributed by atoms with E-state index in [1.165, 1.54) is 12.1 Å². The Morgan fingerprint density at radius 3 is 2.63 bits per heavy atom. The molecule has 2 aromatic carbocycles. The van der Waals surface area contributed by atoms with Gasteiger partial charge in [0.15, 0.2) is 5.78 Å². The molecule has 0 fully saturated rings. The molecule has 1 N–H and O–H groups in total. The summed E-state index contributed by atoms with van der Waals surface area (Å²) in [6, 6.07) is 13.4. The normalized spacial score (nSPS) is 16.9. The standard InChI is InChI=1S/C19H19NO5S2/c1-13-6-8-15(9-7-13)27(23,24)20-19(22)25-12-14-10-11-26-17-5-3-2-4-16(17)18(14)21/h2-9,14H,10-12H2,1H3,(H,20,22). The summed E-state index contributed by atoms with van der Waals surface area (Å²) in [4.78, 5) is 25.5. The number of nitrogens with one attached hydrogen (secondary N) is 1. The summed E-state index contributed by atoms with van der Waals surface area (Å²) in [7, 11) is -4.01. The molecule has 0 bridgehead atoms. The van der Waals surface area contributed by atoms with E-state index in [0.29, 0.717) is 12.0 Å². The molecule has 0 spiro atoms. The summed E-state index contributed by atoms with van der Waals surface area (Å²) in [5.74, 6) is 0.138. The first-order valence-corrected chi connectivity index (χ1v) is 10.9. The molecule has 1 aliphatic heterocycles. The average molecular weight is 405 g/mol. The molecule has 8 heteroatoms. The zero-order valence-electron chi connectivity index (χ0n) is 14.7. The minimum Gasteiger partial charge on any atom is -0.448 e. The van der Waals surface area contributed by atoms with Crippen molar-refractivity contribution < 1.29 is 22.7 Å². The highest BCUT2D eigenvalue weighted by molar-refractivity contribution is 7.99. The van der Waals surface area contributed by atoms with Crippen molar-refractivity contribution in [3.8, 4) is 0 Å². The van der Waals surface area contributed by atoms with E-state index in [4.69, 9.17) is 4.74 Å². The smallest absolute Gasteiger partial charge is 0.421 e. The highest BCUT2D eigenvalue weighted by Gasteiger charge is 2.27. The molecule has 27 heavy (non-hydrogen) atoms. The molecule has 6 nitrogen and oxygen atoms in total. The Bertz CT molecular complexity index is 954. The van der Waals surface area contributed by atoms with Crippen molar-refractivity contribution in [2.45, 2.75) is 23.1 Å². The maximum Gasteiger partial charge on any atom is 0.421 e. The third kappa shape index (κ3) is 4.70. The van der Waals surface area contributed by atoms with Gasteiger partial charge in [-0.05, 0) is 37.3 Å². The van der Waals surface area contributed by atoms with Gasteiger partial charge in [-0.15, -0.1) is 11.8 Å². The Morgan fingerprint density at radius 1 is 1.19 bits per heavy atom. The van der Waals surface area contributed by atoms with Crippen LogP contribution < -0.4 is 4.72 Å². The fourth-order valence-corrected chi connectivity index (χ4v) is 4.72. The number of benzene rings is 2. The van der Waals surface area contributed by atoms with Crippen molar-refractivity contribution in [2.24, 2.45) is 5.92 Å². The lowest BCUT2D eigenvalue weighted by Gasteiger charge is -2.14. The SMILES string of the molecule is Cc1ccc(S(=O)(=O)NC(=O)OCC2CCSc3ccccc3C2=O)cc1. The number of aryl methyl sites for hydroxylation is 1. The molecule has 0 radical (unpaired) electrons. The highest BCUT2D eigenvalue weighted by Crippen LogP contribution is 2.31. The molecule has 1 aliphatic rings. The fraction of sp³-hybridized carbons (Fsp3) is 0.263. The fourth-order valence-electron chi connectivity index (χ4n) is 2.71. The van der Waals surface area contributed by atoms with Gasteiger partial charge in [-0.2, -0.15) is 0 Å². The summed E-state index contributed by atoms with van der Waals surface area (Å²) >= 11 is 1.59. The number of Topliss-reactive ketones (excluding diaryl/α,β-unsaturated/α-hetero) is 1. The third-order valence-electron chi connectivity index (χ3n) is 4.21. The van der Waals surface area contributed by atoms with E-state index in [9.17, 15) is 18.0 Å². The quantitative estimate of drug-likeness (QED) is 0.838. The monoisotopic (exact) mass is 405 g/mol. The molecule has 1 atom stereocenters. The molecular weight excluding hydrogens is 386 g/mol. The van der Waals surface area contributed by atoms with Crippen LogP contribution in [0.25, 0.3) is 0 Å². The molecule has 0 saturated heterocycles. The Balaban J connectivity index is 1.62. The molecule has 3 rings (SSSR count). The molecule has 1 unspecified atom stereocenters. The molecule has 142 valence electrons. The molecule has 1 heterocycles. The highest BCUT2D eigenvalue weighted by atomic mass is 32.2. The number of ether oxygens (including phenoxy) is 1. The lowest BCUT2D eigenvalue weighted by Crippen LogP contribution is -2.33. The summed E-state index contributed by atoms with van der Waals surface area (Å²) < 4.78 is 31.3. The van der Waals surface area contributed by atoms with Crippen LogP contribution in [0.2, 0.25) is 0 Å². The van der Waals surface area contributed by atoms with Crippen LogP contribution in [0.1, 0.15) is 22.3 Å². The Kier molecular flexibility index (Phi) is 5.86. The van der Waals surface area contributed by atoms with Gasteiger partial charge < -0.3 is 4.74 Å². The number of carbonyl (C=O) groups is 2. The van der Waals surface area contributed by atoms with Crippen LogP contribution in [0.3, 0.4) is 0 Å². The minimum atomic E-state index is -4.01. The summed E-state index contributed by atoms with van der Waals surface area (Å²) in [5.41, 5.74) is 1.52. The first kappa shape index (κ1) is 19.4. The number of ketones is 1. The van der Waals surface area contributed by atoms with E-state index < -0.39 is 22.0 Å². The number of hydrogen-bond acceptors (Lipinski definition) is 6. The van der Waals surface area contributed by atoms with Gasteiger partial charge in [-0.3, -0.25) is 4.79 Å². The molecular formula is C19H19NO5S2. The number of thioether (sulfide) groups is 1. The predicted octanol–water partition coefficient (Wildman–Crippen LogP) is 3.40. The third-order valence-corrected chi connectivity index (χ3v) is 6.65. The van der Waals surface area contributed by atoms with E-state index in [1.807, 2.05) is 23.8 Å². The Labute approximate surface area is 162 Å². The van der Waals surface area contributed by atoms with E-state index in [0.717, 1.165) is 16.2 Å². The second kappa shape index (κ2) is 8.14. The van der Waals surface area contributed by atoms with Gasteiger partial charge in [0, 0.05) is 10.5 Å². The molecule has 0 aromatic heterocycles. The van der Waals surface area contributed by atoms with Gasteiger partial charge in [0.1, 0.15) is 6.61 Å². The number of fused-ring (bicyclic) bond motifs is 1. The van der Waals surface area contributed by atoms with Crippen LogP contribution in [-0.4, -0.2) is 32.7 Å². The van der Waals surface area contributed by atoms with E-state index in [-0.39, 0.29) is 17.3 Å². The maximum absolute atomic E-state index is 12.6. The average Bonchev–Trinajstić information content (AvgIpc) is 2.79. The molecule has 1 amide bonds. The van der Waals surface area contributed by atoms with Gasteiger partial charge in [0.25, 0.3) is 10.0 Å². The zero-order chi connectivity index (χ0) is 19.4. The summed E-state index contributed by atoms with van der Waals surface area (Å²) in [6.07, 6.45) is -0.538. The lowest BCUT2D eigenvalue weighted by atomic mass is 9.96. The largest absolute Gasteiger partial charge is 0.448 e. The van der Waals surface area contributed by atoms with Gasteiger partial charge in [0.05, 0.1) is 10.8 Å². The topological polar surface area (TPSA) is 89.5 Å². The van der Waals surface area contributed by atoms with Crippen molar-refractivity contribution in [1.82, 2.24) is 4.72 Å². The van der Waals surface area contributed by atoms with Crippen LogP contribution in [0.5, 0.6) is 0 Å². The van der Waals surface area contributed by atoms with Crippen molar-refractivity contribution in [3.63, 3.8) is 0 Å². The number of carbonyl (C=O) groups excluding carboxylic acids is 2. The first-order chi connectivity index (χ1) is 12.9. The van der Waals surface area contributed by atoms with Crippen LogP contribution in [0.4, 0.5) is 4.79 Å². The van der Waals surface area contributed by atoms with Crippen LogP contribution >= 0.6 is 11.8 Å². The van der Waals surface area contributed by atoms with E-state index >= 15 is 0 Å². The number of amides is 1. The lowest BCUT2D eigenvalue weighted by molar-refractivity contribution is 0.0817. The number of rotatable bonds is 4. The summed E-state index contributed by atoms with van der Waals surface area (Å²) in [5, 5.41) is 0. The van der Waals surface area contributed by atoms with Gasteiger partial charge >= 0.3 is 6.09 Å². The zero-order valence-corrected chi connectivity index (χ0v) is 16.3. The molecule has 2 aromatic rings. The van der Waals surface area contributed by atoms with Crippen molar-refractivity contribution in [1.29, 1.82) is 0 Å². The van der Waals surface area contributed by atoms with Crippen LogP contribution in [-0.2, 0) is 14.8 Å². The predicted molar refractivity (Wildman–Crippen MR) is 102 cm³/mol. The van der Waals surface area contributed by atoms with Crippen molar-refractivity contribution in [3.05, 3.63) is 59.7 Å². The second-order valence-corrected chi connectivity index (χ2v) is 9.03. The Hall–Kier alpha value is -2.32.